The molecule has 4 rings (SSSR count). The van der Waals surface area contributed by atoms with E-state index in [0.29, 0.717) is 0 Å². The Labute approximate surface area is 179 Å². The minimum Gasteiger partial charge on any atom is -0.337 e. The lowest BCUT2D eigenvalue weighted by Crippen LogP contribution is -2.30. The number of imide groups is 1. The topological polar surface area (TPSA) is 83.4 Å². The Kier molecular flexibility index (Phi) is 5.41. The van der Waals surface area contributed by atoms with Gasteiger partial charge in [0.1, 0.15) is 12.2 Å². The molecule has 1 saturated heterocycles. The number of nitrogens with one attached hydrogen (secondary N) is 2. The fourth-order valence-electron chi connectivity index (χ4n) is 3.62. The minimum absolute atomic E-state index is 0.112. The Morgan fingerprint density at radius 1 is 1.16 bits per heavy atom. The summed E-state index contributed by atoms with van der Waals surface area (Å²) in [5, 5.41) is 6.39. The molecule has 2 N–H and O–H groups in total. The average molecular weight is 414 g/mol. The van der Waals surface area contributed by atoms with E-state index in [2.05, 4.69) is 17.2 Å². The normalized spacial score (nSPS) is 14.9. The van der Waals surface area contributed by atoms with E-state index in [4.69, 9.17) is 0 Å². The SMILES string of the molecule is C=CCN1C(=O)N/C(=C/c2cn(CC(=O)Nc3cccc(C)c3)c3ccccc23)C1=O. The van der Waals surface area contributed by atoms with E-state index in [9.17, 15) is 14.4 Å². The van der Waals surface area contributed by atoms with E-state index in [1.165, 1.54) is 6.08 Å². The van der Waals surface area contributed by atoms with Crippen LogP contribution in [0.15, 0.2) is 73.1 Å². The number of benzene rings is 2. The summed E-state index contributed by atoms with van der Waals surface area (Å²) in [5.74, 6) is -0.563. The van der Waals surface area contributed by atoms with Crippen LogP contribution in [0.3, 0.4) is 0 Å². The Morgan fingerprint density at radius 2 is 1.97 bits per heavy atom. The van der Waals surface area contributed by atoms with Crippen LogP contribution in [0.5, 0.6) is 0 Å². The van der Waals surface area contributed by atoms with E-state index >= 15 is 0 Å². The highest BCUT2D eigenvalue weighted by Gasteiger charge is 2.32. The van der Waals surface area contributed by atoms with Gasteiger partial charge in [0.2, 0.25) is 5.91 Å². The number of rotatable bonds is 6. The number of fused-ring (bicyclic) bond motifs is 1. The Balaban J connectivity index is 1.62. The molecule has 1 aromatic heterocycles. The maximum absolute atomic E-state index is 12.6. The summed E-state index contributed by atoms with van der Waals surface area (Å²) in [5.41, 5.74) is 3.59. The van der Waals surface area contributed by atoms with Crippen molar-refractivity contribution >= 4 is 40.5 Å². The summed E-state index contributed by atoms with van der Waals surface area (Å²) in [6.07, 6.45) is 4.95. The van der Waals surface area contributed by atoms with Gasteiger partial charge in [-0.15, -0.1) is 6.58 Å². The van der Waals surface area contributed by atoms with Crippen molar-refractivity contribution in [2.24, 2.45) is 0 Å². The van der Waals surface area contributed by atoms with Gasteiger partial charge in [-0.05, 0) is 36.8 Å². The number of aromatic nitrogens is 1. The van der Waals surface area contributed by atoms with Crippen LogP contribution in [0.4, 0.5) is 10.5 Å². The number of carbonyl (C=O) groups is 3. The third-order valence-corrected chi connectivity index (χ3v) is 5.01. The number of para-hydroxylation sites is 1. The van der Waals surface area contributed by atoms with Gasteiger partial charge < -0.3 is 15.2 Å². The van der Waals surface area contributed by atoms with Gasteiger partial charge in [0, 0.05) is 34.9 Å². The first-order valence-electron chi connectivity index (χ1n) is 9.86. The molecule has 0 unspecified atom stereocenters. The lowest BCUT2D eigenvalue weighted by atomic mass is 10.1. The zero-order chi connectivity index (χ0) is 22.0. The molecule has 0 radical (unpaired) electrons. The molecule has 0 saturated carbocycles. The second kappa shape index (κ2) is 8.31. The van der Waals surface area contributed by atoms with Crippen LogP contribution >= 0.6 is 0 Å². The van der Waals surface area contributed by atoms with Crippen molar-refractivity contribution in [1.29, 1.82) is 0 Å². The maximum Gasteiger partial charge on any atom is 0.329 e. The Hall–Kier alpha value is -4.13. The Bertz CT molecular complexity index is 1240. The number of carbonyl (C=O) groups excluding carboxylic acids is 3. The minimum atomic E-state index is -0.475. The van der Waals surface area contributed by atoms with Gasteiger partial charge in [0.05, 0.1) is 0 Å². The molecule has 2 aromatic carbocycles. The molecule has 31 heavy (non-hydrogen) atoms. The van der Waals surface area contributed by atoms with Crippen molar-refractivity contribution in [3.63, 3.8) is 0 Å². The van der Waals surface area contributed by atoms with E-state index in [-0.39, 0.29) is 24.7 Å². The monoisotopic (exact) mass is 414 g/mol. The molecule has 156 valence electrons. The number of urea groups is 1. The van der Waals surface area contributed by atoms with Crippen LogP contribution in [-0.2, 0) is 16.1 Å². The second-order valence-electron chi connectivity index (χ2n) is 7.34. The zero-order valence-corrected chi connectivity index (χ0v) is 17.1. The van der Waals surface area contributed by atoms with Crippen LogP contribution in [0.2, 0.25) is 0 Å². The van der Waals surface area contributed by atoms with E-state index < -0.39 is 11.9 Å². The van der Waals surface area contributed by atoms with Crippen molar-refractivity contribution in [3.05, 3.63) is 84.2 Å². The van der Waals surface area contributed by atoms with Crippen molar-refractivity contribution in [2.45, 2.75) is 13.5 Å². The first kappa shape index (κ1) is 20.2. The summed E-state index contributed by atoms with van der Waals surface area (Å²) in [6.45, 7) is 5.79. The Morgan fingerprint density at radius 3 is 2.74 bits per heavy atom. The molecule has 0 aliphatic carbocycles. The van der Waals surface area contributed by atoms with Crippen LogP contribution in [0, 0.1) is 6.92 Å². The van der Waals surface area contributed by atoms with Crippen LogP contribution in [0.1, 0.15) is 11.1 Å². The zero-order valence-electron chi connectivity index (χ0n) is 17.1. The largest absolute Gasteiger partial charge is 0.337 e. The van der Waals surface area contributed by atoms with Crippen LogP contribution in [-0.4, -0.2) is 33.9 Å². The van der Waals surface area contributed by atoms with Gasteiger partial charge in [-0.3, -0.25) is 14.5 Å². The molecule has 0 spiro atoms. The smallest absolute Gasteiger partial charge is 0.329 e. The molecule has 4 amide bonds. The van der Waals surface area contributed by atoms with Crippen molar-refractivity contribution in [2.75, 3.05) is 11.9 Å². The molecule has 1 aliphatic heterocycles. The van der Waals surface area contributed by atoms with E-state index in [0.717, 1.165) is 32.6 Å². The summed E-state index contributed by atoms with van der Waals surface area (Å²) < 4.78 is 1.83. The second-order valence-corrected chi connectivity index (χ2v) is 7.34. The molecule has 2 heterocycles. The number of hydrogen-bond donors (Lipinski definition) is 2. The molecule has 7 heteroatoms. The molecule has 1 fully saturated rings. The van der Waals surface area contributed by atoms with Crippen molar-refractivity contribution in [1.82, 2.24) is 14.8 Å². The predicted octanol–water partition coefficient (Wildman–Crippen LogP) is 3.67. The summed E-state index contributed by atoms with van der Waals surface area (Å²) >= 11 is 0. The summed E-state index contributed by atoms with van der Waals surface area (Å²) in [6, 6.07) is 14.7. The number of amides is 4. The molecule has 0 atom stereocenters. The summed E-state index contributed by atoms with van der Waals surface area (Å²) in [4.78, 5) is 38.3. The van der Waals surface area contributed by atoms with Crippen LogP contribution < -0.4 is 10.6 Å². The highest BCUT2D eigenvalue weighted by atomic mass is 16.2. The third-order valence-electron chi connectivity index (χ3n) is 5.01. The predicted molar refractivity (Wildman–Crippen MR) is 120 cm³/mol. The number of anilines is 1. The molecule has 7 nitrogen and oxygen atoms in total. The highest BCUT2D eigenvalue weighted by molar-refractivity contribution is 6.14. The van der Waals surface area contributed by atoms with Gasteiger partial charge in [0.25, 0.3) is 5.91 Å². The van der Waals surface area contributed by atoms with Gasteiger partial charge in [-0.2, -0.15) is 0 Å². The fourth-order valence-corrected chi connectivity index (χ4v) is 3.62. The molecule has 3 aromatic rings. The molecule has 1 aliphatic rings. The molecular weight excluding hydrogens is 392 g/mol. The third kappa shape index (κ3) is 4.11. The number of hydrogen-bond acceptors (Lipinski definition) is 3. The average Bonchev–Trinajstić information content (AvgIpc) is 3.20. The van der Waals surface area contributed by atoms with Gasteiger partial charge in [-0.25, -0.2) is 4.79 Å². The summed E-state index contributed by atoms with van der Waals surface area (Å²) in [7, 11) is 0. The van der Waals surface area contributed by atoms with Gasteiger partial charge >= 0.3 is 6.03 Å². The van der Waals surface area contributed by atoms with Crippen LogP contribution in [0.25, 0.3) is 17.0 Å². The van der Waals surface area contributed by atoms with E-state index in [1.807, 2.05) is 66.2 Å². The quantitative estimate of drug-likeness (QED) is 0.367. The lowest BCUT2D eigenvalue weighted by molar-refractivity contribution is -0.122. The molecule has 0 bridgehead atoms. The number of aryl methyl sites for hydroxylation is 1. The van der Waals surface area contributed by atoms with Crippen molar-refractivity contribution < 1.29 is 14.4 Å². The maximum atomic E-state index is 12.6. The van der Waals surface area contributed by atoms with Crippen molar-refractivity contribution in [3.8, 4) is 0 Å². The lowest BCUT2D eigenvalue weighted by Gasteiger charge is -2.08. The first-order valence-corrected chi connectivity index (χ1v) is 9.86. The molecular formula is C24H22N4O3. The van der Waals surface area contributed by atoms with Gasteiger partial charge in [-0.1, -0.05) is 36.4 Å². The first-order chi connectivity index (χ1) is 15.0. The highest BCUT2D eigenvalue weighted by Crippen LogP contribution is 2.25. The standard InChI is InChI=1S/C24H22N4O3/c1-3-11-28-23(30)20(26-24(28)31)13-17-14-27(21-10-5-4-9-19(17)21)15-22(29)25-18-8-6-7-16(2)12-18/h3-10,12-14H,1,11,15H2,2H3,(H,25,29)(H,26,31)/b20-13+. The van der Waals surface area contributed by atoms with E-state index in [1.54, 1.807) is 6.08 Å². The fraction of sp³-hybridized carbons (Fsp3) is 0.125. The van der Waals surface area contributed by atoms with Gasteiger partial charge in [0.15, 0.2) is 0 Å². The number of nitrogens with zero attached hydrogens (tertiary/aromatic N) is 2.